The molecule has 4 saturated heterocycles. The molecular formula is C38H65N3O6. The van der Waals surface area contributed by atoms with Crippen molar-refractivity contribution in [1.29, 1.82) is 0 Å². The van der Waals surface area contributed by atoms with Crippen molar-refractivity contribution in [1.82, 2.24) is 15.5 Å². The molecule has 47 heavy (non-hydrogen) atoms. The Morgan fingerprint density at radius 1 is 0.894 bits per heavy atom. The number of hydrogen-bond donors (Lipinski definition) is 2. The number of carbonyl (C=O) groups excluding carboxylic acids is 2. The highest BCUT2D eigenvalue weighted by Gasteiger charge is 2.63. The monoisotopic (exact) mass is 659 g/mol. The van der Waals surface area contributed by atoms with Crippen molar-refractivity contribution in [3.8, 4) is 0 Å². The summed E-state index contributed by atoms with van der Waals surface area (Å²) in [5, 5.41) is 7.82. The molecule has 268 valence electrons. The summed E-state index contributed by atoms with van der Waals surface area (Å²) in [7, 11) is 1.46. The summed E-state index contributed by atoms with van der Waals surface area (Å²) < 4.78 is 24.4. The van der Waals surface area contributed by atoms with E-state index in [1.165, 1.54) is 58.5 Å². The van der Waals surface area contributed by atoms with Crippen LogP contribution in [0.3, 0.4) is 0 Å². The Balaban J connectivity index is 1.04. The lowest BCUT2D eigenvalue weighted by molar-refractivity contribution is -0.255. The van der Waals surface area contributed by atoms with Crippen LogP contribution in [0.4, 0.5) is 0 Å². The van der Waals surface area contributed by atoms with Gasteiger partial charge >= 0.3 is 11.9 Å². The number of nitrogens with zero attached hydrogens (tertiary/aromatic N) is 1. The van der Waals surface area contributed by atoms with Crippen molar-refractivity contribution in [2.24, 2.45) is 5.92 Å². The molecule has 9 heteroatoms. The summed E-state index contributed by atoms with van der Waals surface area (Å²) in [6, 6.07) is 0.487. The molecule has 5 aliphatic rings. The van der Waals surface area contributed by atoms with Gasteiger partial charge in [0.05, 0.1) is 25.9 Å². The molecule has 0 amide bonds. The molecule has 2 N–H and O–H groups in total. The number of rotatable bonds is 17. The van der Waals surface area contributed by atoms with E-state index in [1.54, 1.807) is 0 Å². The summed E-state index contributed by atoms with van der Waals surface area (Å²) in [5.41, 5.74) is -1.07. The van der Waals surface area contributed by atoms with Gasteiger partial charge in [-0.2, -0.15) is 0 Å². The molecule has 0 aromatic carbocycles. The Morgan fingerprint density at radius 2 is 1.60 bits per heavy atom. The van der Waals surface area contributed by atoms with Crippen molar-refractivity contribution in [3.63, 3.8) is 0 Å². The molecule has 5 heterocycles. The van der Waals surface area contributed by atoms with E-state index >= 15 is 0 Å². The second kappa shape index (κ2) is 17.9. The molecule has 9 nitrogen and oxygen atoms in total. The van der Waals surface area contributed by atoms with Gasteiger partial charge in [-0.1, -0.05) is 83.3 Å². The summed E-state index contributed by atoms with van der Waals surface area (Å²) in [6.45, 7) is 4.84. The average molecular weight is 660 g/mol. The average Bonchev–Trinajstić information content (AvgIpc) is 3.36. The Bertz CT molecular complexity index is 1030. The Labute approximate surface area is 284 Å². The summed E-state index contributed by atoms with van der Waals surface area (Å²) in [5.74, 6) is -0.499. The van der Waals surface area contributed by atoms with E-state index in [-0.39, 0.29) is 48.1 Å². The van der Waals surface area contributed by atoms with E-state index < -0.39 is 5.72 Å². The van der Waals surface area contributed by atoms with Crippen LogP contribution >= 0.6 is 0 Å². The van der Waals surface area contributed by atoms with Crippen molar-refractivity contribution < 1.29 is 28.5 Å². The lowest BCUT2D eigenvalue weighted by atomic mass is 9.79. The minimum atomic E-state index is -0.711. The molecule has 0 bridgehead atoms. The van der Waals surface area contributed by atoms with Gasteiger partial charge in [0.25, 0.3) is 0 Å². The van der Waals surface area contributed by atoms with Crippen LogP contribution in [0.25, 0.3) is 0 Å². The molecule has 2 spiro atoms. The summed E-state index contributed by atoms with van der Waals surface area (Å²) in [6.07, 6.45) is 28.3. The van der Waals surface area contributed by atoms with Gasteiger partial charge < -0.3 is 18.9 Å². The highest BCUT2D eigenvalue weighted by molar-refractivity contribution is 5.75. The number of nitrogens with one attached hydrogen (secondary N) is 2. The van der Waals surface area contributed by atoms with Crippen LogP contribution in [0.1, 0.15) is 155 Å². The summed E-state index contributed by atoms with van der Waals surface area (Å²) in [4.78, 5) is 27.7. The van der Waals surface area contributed by atoms with E-state index in [9.17, 15) is 9.59 Å². The topological polar surface area (TPSA) is 98.4 Å². The maximum absolute atomic E-state index is 14.0. The lowest BCUT2D eigenvalue weighted by Crippen LogP contribution is -2.81. The van der Waals surface area contributed by atoms with Crippen LogP contribution < -0.4 is 10.6 Å². The van der Waals surface area contributed by atoms with E-state index in [0.717, 1.165) is 83.5 Å². The van der Waals surface area contributed by atoms with Crippen LogP contribution in [0, 0.1) is 5.92 Å². The number of esters is 2. The highest BCUT2D eigenvalue weighted by Crippen LogP contribution is 2.49. The first-order valence-corrected chi connectivity index (χ1v) is 19.5. The number of ether oxygens (including phenoxy) is 4. The van der Waals surface area contributed by atoms with E-state index in [4.69, 9.17) is 18.9 Å². The first-order chi connectivity index (χ1) is 22.9. The first-order valence-electron chi connectivity index (χ1n) is 19.5. The van der Waals surface area contributed by atoms with Gasteiger partial charge in [0.1, 0.15) is 23.7 Å². The molecule has 8 atom stereocenters. The normalized spacial score (nSPS) is 35.1. The minimum Gasteiger partial charge on any atom is -0.469 e. The number of unbranched alkanes of at least 4 members (excludes halogenated alkanes) is 11. The van der Waals surface area contributed by atoms with Gasteiger partial charge in [-0.15, -0.1) is 0 Å². The molecule has 5 aliphatic heterocycles. The Kier molecular flexibility index (Phi) is 14.0. The SMILES string of the molecule is CC[C@H]1C=CCC[C@@]2(C[C@@H]3CC[C@@H]4C(C(=O)OCCCCCCCCCCCCCCC(=O)OC)[C@]5(CCC[C@@H](C)O5)NC(N2)N34)O1. The van der Waals surface area contributed by atoms with Gasteiger partial charge in [-0.05, 0) is 71.1 Å². The van der Waals surface area contributed by atoms with Crippen LogP contribution in [-0.4, -0.2) is 72.6 Å². The maximum atomic E-state index is 14.0. The zero-order chi connectivity index (χ0) is 33.1. The van der Waals surface area contributed by atoms with Crippen molar-refractivity contribution >= 4 is 11.9 Å². The second-order valence-electron chi connectivity index (χ2n) is 15.1. The van der Waals surface area contributed by atoms with Crippen molar-refractivity contribution in [2.45, 2.75) is 197 Å². The van der Waals surface area contributed by atoms with E-state index in [0.29, 0.717) is 19.1 Å². The molecule has 0 aromatic rings. The standard InChI is InChI=1S/C38H65N3O6/c1-4-31-21-16-17-25-37(47-31)28-30-23-24-32-34(38(26-19-20-29(2)46-38)40-36(39-37)41(30)32)35(43)45-27-18-14-12-10-8-6-5-7-9-11-13-15-22-33(42)44-3/h16,21,29-32,34,36,39-40H,4-15,17-20,22-28H2,1-3H3/t29-,30+,31+,32-,34?,36?,37+,38-/m1/s1. The third-order valence-corrected chi connectivity index (χ3v) is 11.5. The molecule has 0 aliphatic carbocycles. The summed E-state index contributed by atoms with van der Waals surface area (Å²) >= 11 is 0. The predicted molar refractivity (Wildman–Crippen MR) is 183 cm³/mol. The molecule has 0 radical (unpaired) electrons. The van der Waals surface area contributed by atoms with Gasteiger partial charge in [-0.3, -0.25) is 25.1 Å². The van der Waals surface area contributed by atoms with Gasteiger partial charge in [-0.25, -0.2) is 0 Å². The van der Waals surface area contributed by atoms with Gasteiger partial charge in [0.2, 0.25) is 0 Å². The Morgan fingerprint density at radius 3 is 2.28 bits per heavy atom. The third-order valence-electron chi connectivity index (χ3n) is 11.5. The lowest BCUT2D eigenvalue weighted by Gasteiger charge is -2.60. The van der Waals surface area contributed by atoms with Gasteiger partial charge in [0.15, 0.2) is 0 Å². The zero-order valence-electron chi connectivity index (χ0n) is 29.8. The largest absolute Gasteiger partial charge is 0.469 e. The van der Waals surface area contributed by atoms with Crippen molar-refractivity contribution in [3.05, 3.63) is 12.2 Å². The molecule has 0 aromatic heterocycles. The quantitative estimate of drug-likeness (QED) is 0.0952. The molecule has 5 rings (SSSR count). The third kappa shape index (κ3) is 9.59. The number of carbonyl (C=O) groups is 2. The highest BCUT2D eigenvalue weighted by atomic mass is 16.6. The fourth-order valence-electron chi connectivity index (χ4n) is 9.13. The number of methoxy groups -OCH3 is 1. The van der Waals surface area contributed by atoms with E-state index in [1.807, 2.05) is 0 Å². The fraction of sp³-hybridized carbons (Fsp3) is 0.895. The van der Waals surface area contributed by atoms with Crippen LogP contribution in [-0.2, 0) is 28.5 Å². The smallest absolute Gasteiger partial charge is 0.314 e. The number of hydrogen-bond acceptors (Lipinski definition) is 9. The predicted octanol–water partition coefficient (Wildman–Crippen LogP) is 7.23. The maximum Gasteiger partial charge on any atom is 0.314 e. The van der Waals surface area contributed by atoms with Crippen LogP contribution in [0.5, 0.6) is 0 Å². The molecular weight excluding hydrogens is 594 g/mol. The molecule has 0 saturated carbocycles. The Hall–Kier alpha value is -1.52. The fourth-order valence-corrected chi connectivity index (χ4v) is 9.13. The number of allylic oxidation sites excluding steroid dienone is 1. The van der Waals surface area contributed by atoms with Crippen LogP contribution in [0.15, 0.2) is 12.2 Å². The van der Waals surface area contributed by atoms with Crippen molar-refractivity contribution in [2.75, 3.05) is 13.7 Å². The zero-order valence-corrected chi connectivity index (χ0v) is 29.8. The second-order valence-corrected chi connectivity index (χ2v) is 15.1. The van der Waals surface area contributed by atoms with Gasteiger partial charge in [0, 0.05) is 24.9 Å². The molecule has 4 fully saturated rings. The van der Waals surface area contributed by atoms with Crippen LogP contribution in [0.2, 0.25) is 0 Å². The molecule has 2 unspecified atom stereocenters. The first kappa shape index (κ1) is 36.8. The van der Waals surface area contributed by atoms with E-state index in [2.05, 4.69) is 41.5 Å². The minimum absolute atomic E-state index is 0.0794.